The van der Waals surface area contributed by atoms with Crippen molar-refractivity contribution in [2.45, 2.75) is 51.7 Å². The Morgan fingerprint density at radius 3 is 2.80 bits per heavy atom. The summed E-state index contributed by atoms with van der Waals surface area (Å²) in [6.07, 6.45) is 2.50. The van der Waals surface area contributed by atoms with Gasteiger partial charge in [-0.25, -0.2) is 15.0 Å². The van der Waals surface area contributed by atoms with Gasteiger partial charge in [0.25, 0.3) is 0 Å². The maximum Gasteiger partial charge on any atom is 0.431 e. The number of aliphatic imine (C=N–C) groups is 1. The highest BCUT2D eigenvalue weighted by Crippen LogP contribution is 2.37. The summed E-state index contributed by atoms with van der Waals surface area (Å²) in [5.74, 6) is 1.10. The summed E-state index contributed by atoms with van der Waals surface area (Å²) in [7, 11) is 2.01. The van der Waals surface area contributed by atoms with Crippen LogP contribution in [-0.2, 0) is 6.18 Å². The van der Waals surface area contributed by atoms with E-state index in [0.717, 1.165) is 67.5 Å². The van der Waals surface area contributed by atoms with Crippen LogP contribution in [0.4, 0.5) is 19.0 Å². The van der Waals surface area contributed by atoms with E-state index in [1.54, 1.807) is 12.3 Å². The summed E-state index contributed by atoms with van der Waals surface area (Å²) in [5.41, 5.74) is 2.44. The van der Waals surface area contributed by atoms with Gasteiger partial charge in [0.15, 0.2) is 5.82 Å². The number of hydrogen-bond donors (Lipinski definition) is 2. The molecule has 186 valence electrons. The first kappa shape index (κ1) is 24.8. The van der Waals surface area contributed by atoms with Gasteiger partial charge in [-0.1, -0.05) is 13.3 Å². The summed E-state index contributed by atoms with van der Waals surface area (Å²) in [6.45, 7) is 9.43. The van der Waals surface area contributed by atoms with Gasteiger partial charge in [-0.05, 0) is 57.2 Å². The number of halogens is 3. The van der Waals surface area contributed by atoms with Gasteiger partial charge in [-0.3, -0.25) is 4.99 Å². The van der Waals surface area contributed by atoms with Crippen molar-refractivity contribution < 1.29 is 13.2 Å². The minimum Gasteiger partial charge on any atom is -0.355 e. The van der Waals surface area contributed by atoms with Crippen LogP contribution >= 0.6 is 0 Å². The lowest BCUT2D eigenvalue weighted by molar-refractivity contribution is -0.140. The van der Waals surface area contributed by atoms with Crippen LogP contribution in [0.25, 0.3) is 28.0 Å². The quantitative estimate of drug-likeness (QED) is 0.419. The molecule has 7 nitrogen and oxygen atoms in total. The number of allylic oxidation sites excluding steroid dienone is 1. The number of likely N-dealkylation sites (N-methyl/N-ethyl adjacent to an activating group) is 1. The molecule has 0 spiro atoms. The van der Waals surface area contributed by atoms with E-state index in [-0.39, 0.29) is 11.7 Å². The summed E-state index contributed by atoms with van der Waals surface area (Å²) in [6, 6.07) is 2.97. The van der Waals surface area contributed by atoms with Crippen molar-refractivity contribution in [3.63, 3.8) is 0 Å². The van der Waals surface area contributed by atoms with Gasteiger partial charge in [-0.2, -0.15) is 13.2 Å². The fourth-order valence-electron chi connectivity index (χ4n) is 4.56. The highest BCUT2D eigenvalue weighted by Gasteiger charge is 2.33. The number of hydrogen-bond acceptors (Lipinski definition) is 6. The molecular formula is C25H30F3N7. The number of unbranched alkanes of at least 4 members (excludes halogenated alkanes) is 1. The van der Waals surface area contributed by atoms with Gasteiger partial charge < -0.3 is 15.2 Å². The topological polar surface area (TPSA) is 82.1 Å². The third-order valence-electron chi connectivity index (χ3n) is 6.43. The number of alkyl halides is 3. The van der Waals surface area contributed by atoms with Crippen LogP contribution in [0.1, 0.15) is 49.6 Å². The molecule has 0 radical (unpaired) electrons. The number of pyridine rings is 1. The molecule has 10 heteroatoms. The smallest absolute Gasteiger partial charge is 0.355 e. The van der Waals surface area contributed by atoms with E-state index in [0.29, 0.717) is 16.8 Å². The Balaban J connectivity index is 1.91. The molecule has 1 unspecified atom stereocenters. The van der Waals surface area contributed by atoms with Crippen molar-refractivity contribution in [1.82, 2.24) is 25.3 Å². The summed E-state index contributed by atoms with van der Waals surface area (Å²) < 4.78 is 40.1. The Morgan fingerprint density at radius 2 is 2.14 bits per heavy atom. The Kier molecular flexibility index (Phi) is 7.20. The van der Waals surface area contributed by atoms with E-state index >= 15 is 0 Å². The molecule has 1 atom stereocenters. The summed E-state index contributed by atoms with van der Waals surface area (Å²) >= 11 is 0. The normalized spacial score (nSPS) is 16.7. The van der Waals surface area contributed by atoms with Crippen molar-refractivity contribution in [2.24, 2.45) is 4.99 Å². The van der Waals surface area contributed by atoms with Crippen molar-refractivity contribution in [1.29, 1.82) is 0 Å². The lowest BCUT2D eigenvalue weighted by atomic mass is 9.98. The third kappa shape index (κ3) is 5.07. The van der Waals surface area contributed by atoms with Gasteiger partial charge >= 0.3 is 6.18 Å². The number of aryl methyl sites for hydroxylation is 1. The summed E-state index contributed by atoms with van der Waals surface area (Å²) in [4.78, 5) is 22.4. The third-order valence-corrected chi connectivity index (χ3v) is 6.43. The van der Waals surface area contributed by atoms with Crippen molar-refractivity contribution >= 4 is 29.1 Å². The fraction of sp³-hybridized carbons (Fsp3) is 0.440. The highest BCUT2D eigenvalue weighted by molar-refractivity contribution is 5.92. The molecule has 3 aromatic rings. The van der Waals surface area contributed by atoms with Gasteiger partial charge in [0.2, 0.25) is 0 Å². The Morgan fingerprint density at radius 1 is 1.34 bits per heavy atom. The van der Waals surface area contributed by atoms with E-state index in [2.05, 4.69) is 38.8 Å². The molecule has 35 heavy (non-hydrogen) atoms. The van der Waals surface area contributed by atoms with Crippen LogP contribution < -0.4 is 10.2 Å². The number of aromatic amines is 1. The first-order chi connectivity index (χ1) is 16.7. The van der Waals surface area contributed by atoms with Gasteiger partial charge in [0, 0.05) is 48.5 Å². The molecule has 0 aromatic carbocycles. The molecule has 3 aromatic heterocycles. The lowest BCUT2D eigenvalue weighted by Crippen LogP contribution is -2.35. The molecule has 0 bridgehead atoms. The standard InChI is InChI=1S/C25H30F3N7/c1-5-6-7-16(13-29-3)21-15(2)32-23(34-24(21)35(4)17-8-10-30-14-17)18-9-11-31-22-19(18)12-20(33-22)25(26,27)28/h9,11-13,17,30H,3,5-8,10,14H2,1-2,4H3,(H,31,33)/b16-13-. The van der Waals surface area contributed by atoms with Gasteiger partial charge in [-0.15, -0.1) is 0 Å². The number of H-pyrrole nitrogens is 1. The first-order valence-electron chi connectivity index (χ1n) is 11.8. The second-order valence-corrected chi connectivity index (χ2v) is 8.83. The first-order valence-corrected chi connectivity index (χ1v) is 11.8. The average Bonchev–Trinajstić information content (AvgIpc) is 3.51. The van der Waals surface area contributed by atoms with Crippen LogP contribution in [0.3, 0.4) is 0 Å². The van der Waals surface area contributed by atoms with E-state index in [1.807, 2.05) is 14.0 Å². The number of anilines is 1. The number of rotatable bonds is 8. The average molecular weight is 486 g/mol. The summed E-state index contributed by atoms with van der Waals surface area (Å²) in [5, 5.41) is 3.72. The van der Waals surface area contributed by atoms with Crippen molar-refractivity contribution in [3.05, 3.63) is 41.5 Å². The molecule has 1 fully saturated rings. The maximum absolute atomic E-state index is 13.4. The van der Waals surface area contributed by atoms with Crippen LogP contribution in [0.15, 0.2) is 29.5 Å². The highest BCUT2D eigenvalue weighted by atomic mass is 19.4. The van der Waals surface area contributed by atoms with E-state index in [9.17, 15) is 13.2 Å². The molecule has 1 aliphatic heterocycles. The second-order valence-electron chi connectivity index (χ2n) is 8.83. The molecule has 1 saturated heterocycles. The molecular weight excluding hydrogens is 455 g/mol. The van der Waals surface area contributed by atoms with Crippen LogP contribution in [0, 0.1) is 6.92 Å². The van der Waals surface area contributed by atoms with Gasteiger partial charge in [0.05, 0.1) is 5.69 Å². The zero-order chi connectivity index (χ0) is 25.2. The molecule has 4 heterocycles. The number of aromatic nitrogens is 4. The largest absolute Gasteiger partial charge is 0.431 e. The van der Waals surface area contributed by atoms with Crippen LogP contribution in [0.5, 0.6) is 0 Å². The molecule has 2 N–H and O–H groups in total. The van der Waals surface area contributed by atoms with Crippen molar-refractivity contribution in [3.8, 4) is 11.4 Å². The predicted molar refractivity (Wildman–Crippen MR) is 134 cm³/mol. The SMILES string of the molecule is C=N/C=C(/CCCC)c1c(C)nc(-c2ccnc3[nH]c(C(F)(F)F)cc23)nc1N(C)C1CCNC1. The Bertz CT molecular complexity index is 1240. The minimum absolute atomic E-state index is 0.148. The van der Waals surface area contributed by atoms with E-state index in [4.69, 9.17) is 9.97 Å². The van der Waals surface area contributed by atoms with E-state index < -0.39 is 11.9 Å². The minimum atomic E-state index is -4.50. The van der Waals surface area contributed by atoms with E-state index in [1.165, 1.54) is 6.20 Å². The monoisotopic (exact) mass is 485 g/mol. The zero-order valence-corrected chi connectivity index (χ0v) is 20.2. The predicted octanol–water partition coefficient (Wildman–Crippen LogP) is 5.38. The molecule has 0 aliphatic carbocycles. The number of fused-ring (bicyclic) bond motifs is 1. The van der Waals surface area contributed by atoms with Gasteiger partial charge in [0.1, 0.15) is 17.2 Å². The van der Waals surface area contributed by atoms with Crippen molar-refractivity contribution in [2.75, 3.05) is 25.0 Å². The lowest BCUT2D eigenvalue weighted by Gasteiger charge is -2.29. The second kappa shape index (κ2) is 10.2. The number of nitrogens with one attached hydrogen (secondary N) is 2. The fourth-order valence-corrected chi connectivity index (χ4v) is 4.56. The van der Waals surface area contributed by atoms with Crippen LogP contribution in [0.2, 0.25) is 0 Å². The van der Waals surface area contributed by atoms with Crippen LogP contribution in [-0.4, -0.2) is 52.8 Å². The number of nitrogens with zero attached hydrogens (tertiary/aromatic N) is 5. The Hall–Kier alpha value is -3.27. The maximum atomic E-state index is 13.4. The molecule has 4 rings (SSSR count). The zero-order valence-electron chi connectivity index (χ0n) is 20.2. The molecule has 1 aliphatic rings. The molecule has 0 saturated carbocycles. The Labute approximate surface area is 202 Å². The molecule has 0 amide bonds.